The summed E-state index contributed by atoms with van der Waals surface area (Å²) in [5.74, 6) is -0.395. The zero-order valence-electron chi connectivity index (χ0n) is 11.8. The highest BCUT2D eigenvalue weighted by molar-refractivity contribution is 8.13. The zero-order chi connectivity index (χ0) is 15.8. The minimum Gasteiger partial charge on any atom is -0.338 e. The molecule has 0 aliphatic carbocycles. The Labute approximate surface area is 128 Å². The Balaban J connectivity index is 2.24. The second-order valence-electron chi connectivity index (χ2n) is 5.57. The standard InChI is InChI=1S/C14H17ClFNO3S/c1-9-5-6-17(8-10(9)2)14(18)12-4-3-11(7-13(12)16)21(15,19)20/h3-4,7,9-10H,5-6,8H2,1-2H3. The molecule has 7 heteroatoms. The predicted octanol–water partition coefficient (Wildman–Crippen LogP) is 2.87. The monoisotopic (exact) mass is 333 g/mol. The number of halogens is 2. The molecule has 4 nitrogen and oxygen atoms in total. The van der Waals surface area contributed by atoms with E-state index < -0.39 is 20.8 Å². The van der Waals surface area contributed by atoms with Crippen molar-refractivity contribution in [3.63, 3.8) is 0 Å². The highest BCUT2D eigenvalue weighted by Crippen LogP contribution is 2.25. The fourth-order valence-electron chi connectivity index (χ4n) is 2.44. The number of nitrogens with zero attached hydrogens (tertiary/aromatic N) is 1. The van der Waals surface area contributed by atoms with Gasteiger partial charge in [0.15, 0.2) is 0 Å². The number of piperidine rings is 1. The molecule has 0 N–H and O–H groups in total. The zero-order valence-corrected chi connectivity index (χ0v) is 13.4. The molecule has 1 aliphatic heterocycles. The lowest BCUT2D eigenvalue weighted by molar-refractivity contribution is 0.0622. The van der Waals surface area contributed by atoms with Crippen molar-refractivity contribution in [2.24, 2.45) is 11.8 Å². The molecule has 1 heterocycles. The van der Waals surface area contributed by atoms with Crippen LogP contribution < -0.4 is 0 Å². The molecule has 1 amide bonds. The summed E-state index contributed by atoms with van der Waals surface area (Å²) in [5.41, 5.74) is -0.124. The summed E-state index contributed by atoms with van der Waals surface area (Å²) in [6, 6.07) is 3.11. The number of rotatable bonds is 2. The van der Waals surface area contributed by atoms with Crippen LogP contribution >= 0.6 is 10.7 Å². The van der Waals surface area contributed by atoms with E-state index in [4.69, 9.17) is 10.7 Å². The van der Waals surface area contributed by atoms with Crippen LogP contribution in [-0.2, 0) is 9.05 Å². The average Bonchev–Trinajstić information content (AvgIpc) is 2.40. The molecular weight excluding hydrogens is 317 g/mol. The molecular formula is C14H17ClFNO3S. The highest BCUT2D eigenvalue weighted by Gasteiger charge is 2.28. The maximum atomic E-state index is 14.0. The Morgan fingerprint density at radius 1 is 1.33 bits per heavy atom. The van der Waals surface area contributed by atoms with E-state index in [1.165, 1.54) is 6.07 Å². The van der Waals surface area contributed by atoms with Crippen LogP contribution in [0.15, 0.2) is 23.1 Å². The minimum absolute atomic E-state index is 0.124. The number of benzene rings is 1. The summed E-state index contributed by atoms with van der Waals surface area (Å²) >= 11 is 0. The first-order valence-corrected chi connectivity index (χ1v) is 9.04. The summed E-state index contributed by atoms with van der Waals surface area (Å²) in [5, 5.41) is 0. The van der Waals surface area contributed by atoms with Crippen LogP contribution in [0.5, 0.6) is 0 Å². The molecule has 116 valence electrons. The van der Waals surface area contributed by atoms with E-state index >= 15 is 0 Å². The predicted molar refractivity (Wildman–Crippen MR) is 78.3 cm³/mol. The van der Waals surface area contributed by atoms with Gasteiger partial charge in [-0.15, -0.1) is 0 Å². The fourth-order valence-corrected chi connectivity index (χ4v) is 3.20. The van der Waals surface area contributed by atoms with Gasteiger partial charge in [0.2, 0.25) is 0 Å². The molecule has 21 heavy (non-hydrogen) atoms. The summed E-state index contributed by atoms with van der Waals surface area (Å²) in [7, 11) is 1.16. The quantitative estimate of drug-likeness (QED) is 0.782. The van der Waals surface area contributed by atoms with E-state index in [2.05, 4.69) is 13.8 Å². The smallest absolute Gasteiger partial charge is 0.261 e. The third-order valence-electron chi connectivity index (χ3n) is 4.07. The Bertz CT molecular complexity index is 662. The van der Waals surface area contributed by atoms with Crippen molar-refractivity contribution in [3.8, 4) is 0 Å². The second kappa shape index (κ2) is 5.93. The summed E-state index contributed by atoms with van der Waals surface area (Å²) in [6.45, 7) is 5.35. The maximum Gasteiger partial charge on any atom is 0.261 e. The van der Waals surface area contributed by atoms with E-state index in [-0.39, 0.29) is 10.5 Å². The van der Waals surface area contributed by atoms with Gasteiger partial charge in [-0.3, -0.25) is 4.79 Å². The van der Waals surface area contributed by atoms with E-state index in [9.17, 15) is 17.6 Å². The molecule has 1 fully saturated rings. The van der Waals surface area contributed by atoms with Crippen LogP contribution in [0.4, 0.5) is 4.39 Å². The first-order chi connectivity index (χ1) is 9.70. The van der Waals surface area contributed by atoms with Gasteiger partial charge in [0.25, 0.3) is 15.0 Å². The van der Waals surface area contributed by atoms with Crippen molar-refractivity contribution >= 4 is 25.6 Å². The first-order valence-electron chi connectivity index (χ1n) is 6.73. The fraction of sp³-hybridized carbons (Fsp3) is 0.500. The first kappa shape index (κ1) is 16.2. The Hall–Kier alpha value is -1.14. The molecule has 2 rings (SSSR count). The molecule has 2 unspecified atom stereocenters. The van der Waals surface area contributed by atoms with Crippen LogP contribution in [0.25, 0.3) is 0 Å². The van der Waals surface area contributed by atoms with E-state index in [1.54, 1.807) is 4.90 Å². The Morgan fingerprint density at radius 3 is 2.52 bits per heavy atom. The van der Waals surface area contributed by atoms with Crippen molar-refractivity contribution < 1.29 is 17.6 Å². The molecule has 0 saturated carbocycles. The second-order valence-corrected chi connectivity index (χ2v) is 8.14. The van der Waals surface area contributed by atoms with Crippen molar-refractivity contribution in [1.29, 1.82) is 0 Å². The Kier molecular flexibility index (Phi) is 4.58. The summed E-state index contributed by atoms with van der Waals surface area (Å²) < 4.78 is 36.3. The number of likely N-dealkylation sites (tertiary alicyclic amines) is 1. The molecule has 0 aromatic heterocycles. The number of carbonyl (C=O) groups is 1. The molecule has 1 aliphatic rings. The van der Waals surface area contributed by atoms with Gasteiger partial charge in [0, 0.05) is 23.8 Å². The normalized spacial score (nSPS) is 23.1. The van der Waals surface area contributed by atoms with Gasteiger partial charge in [0.1, 0.15) is 5.82 Å². The molecule has 1 aromatic carbocycles. The lowest BCUT2D eigenvalue weighted by Crippen LogP contribution is -2.42. The van der Waals surface area contributed by atoms with Gasteiger partial charge >= 0.3 is 0 Å². The maximum absolute atomic E-state index is 14.0. The molecule has 1 aromatic rings. The number of carbonyl (C=O) groups excluding carboxylic acids is 1. The highest BCUT2D eigenvalue weighted by atomic mass is 35.7. The SMILES string of the molecule is CC1CCN(C(=O)c2ccc(S(=O)(=O)Cl)cc2F)CC1C. The van der Waals surface area contributed by atoms with E-state index in [0.717, 1.165) is 18.6 Å². The minimum atomic E-state index is -4.00. The van der Waals surface area contributed by atoms with Crippen molar-refractivity contribution in [2.45, 2.75) is 25.2 Å². The number of hydrogen-bond acceptors (Lipinski definition) is 3. The van der Waals surface area contributed by atoms with E-state index in [0.29, 0.717) is 24.9 Å². The van der Waals surface area contributed by atoms with Crippen LogP contribution in [0, 0.1) is 17.7 Å². The van der Waals surface area contributed by atoms with Crippen molar-refractivity contribution in [1.82, 2.24) is 4.90 Å². The van der Waals surface area contributed by atoms with Crippen LogP contribution in [0.2, 0.25) is 0 Å². The van der Waals surface area contributed by atoms with Crippen molar-refractivity contribution in [3.05, 3.63) is 29.6 Å². The van der Waals surface area contributed by atoms with Gasteiger partial charge < -0.3 is 4.90 Å². The van der Waals surface area contributed by atoms with Crippen LogP contribution in [0.3, 0.4) is 0 Å². The Morgan fingerprint density at radius 2 is 2.00 bits per heavy atom. The molecule has 0 radical (unpaired) electrons. The lowest BCUT2D eigenvalue weighted by atomic mass is 9.88. The summed E-state index contributed by atoms with van der Waals surface area (Å²) in [4.78, 5) is 13.6. The van der Waals surface area contributed by atoms with E-state index in [1.807, 2.05) is 0 Å². The average molecular weight is 334 g/mol. The van der Waals surface area contributed by atoms with Crippen molar-refractivity contribution in [2.75, 3.05) is 13.1 Å². The molecule has 0 bridgehead atoms. The van der Waals surface area contributed by atoms with Gasteiger partial charge in [-0.1, -0.05) is 13.8 Å². The molecule has 1 saturated heterocycles. The third-order valence-corrected chi connectivity index (χ3v) is 5.43. The number of amides is 1. The van der Waals surface area contributed by atoms with Crippen LogP contribution in [-0.4, -0.2) is 32.3 Å². The largest absolute Gasteiger partial charge is 0.338 e. The topological polar surface area (TPSA) is 54.5 Å². The summed E-state index contributed by atoms with van der Waals surface area (Å²) in [6.07, 6.45) is 0.878. The molecule has 2 atom stereocenters. The molecule has 0 spiro atoms. The van der Waals surface area contributed by atoms with Gasteiger partial charge in [-0.2, -0.15) is 0 Å². The third kappa shape index (κ3) is 3.55. The van der Waals surface area contributed by atoms with Gasteiger partial charge in [-0.05, 0) is 36.5 Å². The van der Waals surface area contributed by atoms with Gasteiger partial charge in [-0.25, -0.2) is 12.8 Å². The van der Waals surface area contributed by atoms with Crippen LogP contribution in [0.1, 0.15) is 30.6 Å². The lowest BCUT2D eigenvalue weighted by Gasteiger charge is -2.35. The van der Waals surface area contributed by atoms with Gasteiger partial charge in [0.05, 0.1) is 10.5 Å². The number of hydrogen-bond donors (Lipinski definition) is 0.